The number of aromatic nitrogens is 1. The summed E-state index contributed by atoms with van der Waals surface area (Å²) in [6.45, 7) is 4.54. The van der Waals surface area contributed by atoms with Gasteiger partial charge in [-0.3, -0.25) is 0 Å². The summed E-state index contributed by atoms with van der Waals surface area (Å²) in [5, 5.41) is 0.299. The predicted octanol–water partition coefficient (Wildman–Crippen LogP) is 1.18. The second-order valence-electron chi connectivity index (χ2n) is 4.35. The molecule has 0 spiro atoms. The van der Waals surface area contributed by atoms with Gasteiger partial charge < -0.3 is 5.73 Å². The van der Waals surface area contributed by atoms with Crippen molar-refractivity contribution in [3.8, 4) is 0 Å². The smallest absolute Gasteiger partial charge is 0.243 e. The van der Waals surface area contributed by atoms with Gasteiger partial charge in [0.05, 0.1) is 4.90 Å². The van der Waals surface area contributed by atoms with Crippen LogP contribution in [0.4, 0.5) is 5.82 Å². The number of nitrogens with zero attached hydrogens (tertiary/aromatic N) is 2. The molecule has 1 saturated heterocycles. The van der Waals surface area contributed by atoms with Crippen molar-refractivity contribution in [2.24, 2.45) is 0 Å². The third-order valence-corrected chi connectivity index (χ3v) is 6.51. The van der Waals surface area contributed by atoms with Crippen molar-refractivity contribution in [3.05, 3.63) is 18.3 Å². The van der Waals surface area contributed by atoms with Gasteiger partial charge in [-0.1, -0.05) is 6.92 Å². The summed E-state index contributed by atoms with van der Waals surface area (Å²) in [5.74, 6) is 1.05. The quantitative estimate of drug-likeness (QED) is 0.884. The molecule has 100 valence electrons. The second kappa shape index (κ2) is 5.07. The summed E-state index contributed by atoms with van der Waals surface area (Å²) in [6, 6.07) is 2.89. The number of nitrogens with two attached hydrogens (primary N) is 1. The molecule has 0 aliphatic carbocycles. The molecule has 1 fully saturated rings. The Morgan fingerprint density at radius 2 is 2.22 bits per heavy atom. The maximum absolute atomic E-state index is 12.5. The SMILES string of the molecule is CC1SCCN(S(=O)(=O)c2ccnc(N)c2)C1C. The number of pyridine rings is 1. The Kier molecular flexibility index (Phi) is 3.84. The molecule has 2 heterocycles. The highest BCUT2D eigenvalue weighted by Crippen LogP contribution is 2.29. The van der Waals surface area contributed by atoms with E-state index in [9.17, 15) is 8.42 Å². The summed E-state index contributed by atoms with van der Waals surface area (Å²) in [5.41, 5.74) is 5.55. The molecule has 0 saturated carbocycles. The van der Waals surface area contributed by atoms with Crippen molar-refractivity contribution in [2.75, 3.05) is 18.0 Å². The molecule has 1 aromatic rings. The first-order chi connectivity index (χ1) is 8.43. The molecular formula is C11H17N3O2S2. The van der Waals surface area contributed by atoms with E-state index in [1.165, 1.54) is 18.3 Å². The van der Waals surface area contributed by atoms with Crippen LogP contribution in [0.5, 0.6) is 0 Å². The van der Waals surface area contributed by atoms with Gasteiger partial charge in [0.1, 0.15) is 5.82 Å². The topological polar surface area (TPSA) is 76.3 Å². The number of anilines is 1. The van der Waals surface area contributed by atoms with Crippen LogP contribution in [-0.2, 0) is 10.0 Å². The Morgan fingerprint density at radius 3 is 2.89 bits per heavy atom. The van der Waals surface area contributed by atoms with Gasteiger partial charge >= 0.3 is 0 Å². The van der Waals surface area contributed by atoms with E-state index >= 15 is 0 Å². The molecule has 1 aliphatic rings. The molecule has 2 N–H and O–H groups in total. The number of hydrogen-bond donors (Lipinski definition) is 1. The molecular weight excluding hydrogens is 270 g/mol. The summed E-state index contributed by atoms with van der Waals surface area (Å²) < 4.78 is 26.6. The predicted molar refractivity (Wildman–Crippen MR) is 73.9 cm³/mol. The number of hydrogen-bond acceptors (Lipinski definition) is 5. The van der Waals surface area contributed by atoms with Crippen LogP contribution in [0.2, 0.25) is 0 Å². The average Bonchev–Trinajstić information content (AvgIpc) is 2.32. The number of sulfonamides is 1. The standard InChI is InChI=1S/C11H17N3O2S2/c1-8-9(2)17-6-5-14(8)18(15,16)10-3-4-13-11(12)7-10/h3-4,7-9H,5-6H2,1-2H3,(H2,12,13). The molecule has 7 heteroatoms. The van der Waals surface area contributed by atoms with Crippen molar-refractivity contribution in [3.63, 3.8) is 0 Å². The van der Waals surface area contributed by atoms with Crippen LogP contribution in [0.3, 0.4) is 0 Å². The summed E-state index contributed by atoms with van der Waals surface area (Å²) in [4.78, 5) is 4.05. The third-order valence-electron chi connectivity index (χ3n) is 3.19. The minimum Gasteiger partial charge on any atom is -0.384 e. The summed E-state index contributed by atoms with van der Waals surface area (Å²) >= 11 is 1.80. The van der Waals surface area contributed by atoms with Gasteiger partial charge in [-0.2, -0.15) is 16.1 Å². The van der Waals surface area contributed by atoms with E-state index in [4.69, 9.17) is 5.73 Å². The lowest BCUT2D eigenvalue weighted by atomic mass is 10.2. The lowest BCUT2D eigenvalue weighted by Gasteiger charge is -2.36. The average molecular weight is 287 g/mol. The summed E-state index contributed by atoms with van der Waals surface area (Å²) in [7, 11) is -3.47. The van der Waals surface area contributed by atoms with Crippen LogP contribution < -0.4 is 5.73 Å². The Morgan fingerprint density at radius 1 is 1.50 bits per heavy atom. The van der Waals surface area contributed by atoms with E-state index in [1.807, 2.05) is 6.92 Å². The van der Waals surface area contributed by atoms with Gasteiger partial charge in [0.2, 0.25) is 10.0 Å². The van der Waals surface area contributed by atoms with Gasteiger partial charge in [-0.05, 0) is 13.0 Å². The van der Waals surface area contributed by atoms with Gasteiger partial charge in [-0.15, -0.1) is 0 Å². The van der Waals surface area contributed by atoms with E-state index in [2.05, 4.69) is 11.9 Å². The minimum absolute atomic E-state index is 0.0110. The zero-order valence-corrected chi connectivity index (χ0v) is 12.0. The van der Waals surface area contributed by atoms with Crippen molar-refractivity contribution >= 4 is 27.6 Å². The monoisotopic (exact) mass is 287 g/mol. The van der Waals surface area contributed by atoms with Crippen LogP contribution in [-0.4, -0.2) is 41.3 Å². The van der Waals surface area contributed by atoms with E-state index in [0.717, 1.165) is 5.75 Å². The fourth-order valence-corrected chi connectivity index (χ4v) is 4.99. The van der Waals surface area contributed by atoms with Gasteiger partial charge in [0, 0.05) is 35.9 Å². The van der Waals surface area contributed by atoms with E-state index in [0.29, 0.717) is 11.8 Å². The molecule has 2 unspecified atom stereocenters. The second-order valence-corrected chi connectivity index (χ2v) is 7.72. The Balaban J connectivity index is 2.36. The largest absolute Gasteiger partial charge is 0.384 e. The van der Waals surface area contributed by atoms with Gasteiger partial charge in [0.25, 0.3) is 0 Å². The molecule has 0 bridgehead atoms. The maximum atomic E-state index is 12.5. The molecule has 2 atom stereocenters. The van der Waals surface area contributed by atoms with Crippen molar-refractivity contribution in [2.45, 2.75) is 30.0 Å². The number of rotatable bonds is 2. The highest BCUT2D eigenvalue weighted by atomic mass is 32.2. The number of nitrogen functional groups attached to an aromatic ring is 1. The van der Waals surface area contributed by atoms with E-state index in [-0.39, 0.29) is 16.8 Å². The zero-order valence-electron chi connectivity index (χ0n) is 10.4. The first-order valence-corrected chi connectivity index (χ1v) is 8.27. The molecule has 5 nitrogen and oxygen atoms in total. The molecule has 0 aromatic carbocycles. The maximum Gasteiger partial charge on any atom is 0.243 e. The van der Waals surface area contributed by atoms with Crippen LogP contribution in [0.1, 0.15) is 13.8 Å². The first kappa shape index (κ1) is 13.6. The molecule has 1 aliphatic heterocycles. The van der Waals surface area contributed by atoms with E-state index < -0.39 is 10.0 Å². The minimum atomic E-state index is -3.47. The molecule has 2 rings (SSSR count). The fourth-order valence-electron chi connectivity index (χ4n) is 1.97. The van der Waals surface area contributed by atoms with Crippen molar-refractivity contribution in [1.82, 2.24) is 9.29 Å². The fraction of sp³-hybridized carbons (Fsp3) is 0.545. The molecule has 1 aromatic heterocycles. The first-order valence-electron chi connectivity index (χ1n) is 5.78. The van der Waals surface area contributed by atoms with Crippen LogP contribution >= 0.6 is 11.8 Å². The normalized spacial score (nSPS) is 26.1. The third kappa shape index (κ3) is 2.48. The van der Waals surface area contributed by atoms with E-state index in [1.54, 1.807) is 16.1 Å². The van der Waals surface area contributed by atoms with Crippen molar-refractivity contribution in [1.29, 1.82) is 0 Å². The lowest BCUT2D eigenvalue weighted by Crippen LogP contribution is -2.47. The molecule has 0 amide bonds. The zero-order chi connectivity index (χ0) is 13.3. The van der Waals surface area contributed by atoms with Crippen LogP contribution in [0.15, 0.2) is 23.2 Å². The lowest BCUT2D eigenvalue weighted by molar-refractivity contribution is 0.340. The highest BCUT2D eigenvalue weighted by molar-refractivity contribution is 8.00. The number of thioether (sulfide) groups is 1. The molecule has 0 radical (unpaired) electrons. The summed E-state index contributed by atoms with van der Waals surface area (Å²) in [6.07, 6.45) is 1.43. The van der Waals surface area contributed by atoms with Crippen LogP contribution in [0.25, 0.3) is 0 Å². The van der Waals surface area contributed by atoms with Crippen LogP contribution in [0, 0.1) is 0 Å². The Hall–Kier alpha value is -0.790. The Bertz CT molecular complexity index is 533. The van der Waals surface area contributed by atoms with Gasteiger partial charge in [0.15, 0.2) is 0 Å². The highest BCUT2D eigenvalue weighted by Gasteiger charge is 2.34. The Labute approximate surface area is 112 Å². The van der Waals surface area contributed by atoms with Crippen molar-refractivity contribution < 1.29 is 8.42 Å². The van der Waals surface area contributed by atoms with Gasteiger partial charge in [-0.25, -0.2) is 13.4 Å². The molecule has 18 heavy (non-hydrogen) atoms.